The van der Waals surface area contributed by atoms with E-state index in [-0.39, 0.29) is 17.7 Å². The Morgan fingerprint density at radius 1 is 1.21 bits per heavy atom. The number of halogens is 1. The molecule has 126 valence electrons. The smallest absolute Gasteiger partial charge is 0.261 e. The Labute approximate surface area is 154 Å². The minimum atomic E-state index is -0.511. The fraction of sp³-hybridized carbons (Fsp3) is 0.389. The number of imide groups is 1. The van der Waals surface area contributed by atoms with E-state index in [2.05, 4.69) is 22.6 Å². The quantitative estimate of drug-likeness (QED) is 0.501. The summed E-state index contributed by atoms with van der Waals surface area (Å²) in [7, 11) is 1.47. The maximum Gasteiger partial charge on any atom is 0.261 e. The summed E-state index contributed by atoms with van der Waals surface area (Å²) < 4.78 is 0.988. The van der Waals surface area contributed by atoms with Crippen molar-refractivity contribution < 1.29 is 14.4 Å². The molecule has 2 heterocycles. The number of carbonyl (C=O) groups excluding carboxylic acids is 3. The molecule has 0 fully saturated rings. The Kier molecular flexibility index (Phi) is 4.06. The van der Waals surface area contributed by atoms with Crippen LogP contribution in [-0.4, -0.2) is 36.2 Å². The van der Waals surface area contributed by atoms with Crippen molar-refractivity contribution in [1.82, 2.24) is 4.90 Å². The number of fused-ring (bicyclic) bond motifs is 1. The molecule has 3 amide bonds. The lowest BCUT2D eigenvalue weighted by atomic mass is 9.93. The summed E-state index contributed by atoms with van der Waals surface area (Å²) in [4.78, 5) is 40.0. The highest BCUT2D eigenvalue weighted by atomic mass is 127. The van der Waals surface area contributed by atoms with Gasteiger partial charge in [0.2, 0.25) is 5.91 Å². The number of nitrogens with zero attached hydrogens (tertiary/aromatic N) is 2. The molecule has 1 aromatic carbocycles. The molecule has 0 saturated carbocycles. The summed E-state index contributed by atoms with van der Waals surface area (Å²) in [5.41, 5.74) is 2.35. The fourth-order valence-electron chi connectivity index (χ4n) is 3.08. The Morgan fingerprint density at radius 3 is 2.42 bits per heavy atom. The predicted octanol–water partition coefficient (Wildman–Crippen LogP) is 2.61. The van der Waals surface area contributed by atoms with E-state index < -0.39 is 5.41 Å². The van der Waals surface area contributed by atoms with Gasteiger partial charge in [0.15, 0.2) is 0 Å². The van der Waals surface area contributed by atoms with E-state index in [9.17, 15) is 14.4 Å². The van der Waals surface area contributed by atoms with Gasteiger partial charge in [0.05, 0.1) is 11.3 Å². The normalized spacial score (nSPS) is 17.5. The first-order valence-corrected chi connectivity index (χ1v) is 8.87. The summed E-state index contributed by atoms with van der Waals surface area (Å²) in [6.45, 7) is 6.26. The first-order valence-electron chi connectivity index (χ1n) is 7.79. The van der Waals surface area contributed by atoms with E-state index in [1.165, 1.54) is 13.1 Å². The Morgan fingerprint density at radius 2 is 1.88 bits per heavy atom. The Hall–Kier alpha value is -1.70. The molecule has 0 saturated heterocycles. The van der Waals surface area contributed by atoms with Crippen molar-refractivity contribution >= 4 is 51.6 Å². The minimum absolute atomic E-state index is 0.0226. The molecule has 0 N–H and O–H groups in total. The second kappa shape index (κ2) is 5.68. The topological polar surface area (TPSA) is 57.7 Å². The van der Waals surface area contributed by atoms with E-state index in [0.29, 0.717) is 17.7 Å². The summed E-state index contributed by atoms with van der Waals surface area (Å²) in [5, 5.41) is 0. The number of benzene rings is 1. The molecule has 5 nitrogen and oxygen atoms in total. The third-order valence-corrected chi connectivity index (χ3v) is 4.96. The molecular formula is C18H19IN2O3. The monoisotopic (exact) mass is 438 g/mol. The first kappa shape index (κ1) is 17.1. The summed E-state index contributed by atoms with van der Waals surface area (Å²) in [6.07, 6.45) is 2.12. The number of hydrogen-bond acceptors (Lipinski definition) is 3. The largest absolute Gasteiger partial charge is 0.311 e. The first-order chi connectivity index (χ1) is 11.1. The van der Waals surface area contributed by atoms with Crippen molar-refractivity contribution in [3.63, 3.8) is 0 Å². The van der Waals surface area contributed by atoms with Crippen LogP contribution in [0.1, 0.15) is 31.9 Å². The van der Waals surface area contributed by atoms with Crippen LogP contribution >= 0.6 is 22.6 Å². The van der Waals surface area contributed by atoms with Gasteiger partial charge < -0.3 is 4.90 Å². The molecule has 0 atom stereocenters. The van der Waals surface area contributed by atoms with Crippen LogP contribution < -0.4 is 4.90 Å². The van der Waals surface area contributed by atoms with Gasteiger partial charge in [0.1, 0.15) is 0 Å². The van der Waals surface area contributed by atoms with Gasteiger partial charge in [0.25, 0.3) is 11.8 Å². The fourth-order valence-corrected chi connectivity index (χ4v) is 3.77. The number of hydrogen-bond donors (Lipinski definition) is 0. The van der Waals surface area contributed by atoms with Crippen molar-refractivity contribution in [2.45, 2.75) is 27.2 Å². The number of carbonyl (C=O) groups is 3. The number of likely N-dealkylation sites (N-methyl/N-ethyl adjacent to an activating group) is 1. The van der Waals surface area contributed by atoms with Crippen LogP contribution in [0.2, 0.25) is 0 Å². The molecule has 0 bridgehead atoms. The molecule has 0 radical (unpaired) electrons. The number of amides is 3. The van der Waals surface area contributed by atoms with E-state index in [1.54, 1.807) is 4.90 Å². The zero-order valence-electron chi connectivity index (χ0n) is 14.1. The van der Waals surface area contributed by atoms with Gasteiger partial charge in [-0.1, -0.05) is 20.8 Å². The van der Waals surface area contributed by atoms with Gasteiger partial charge >= 0.3 is 0 Å². The summed E-state index contributed by atoms with van der Waals surface area (Å²) in [6, 6.07) is 3.92. The van der Waals surface area contributed by atoms with Crippen LogP contribution in [0.4, 0.5) is 5.69 Å². The lowest BCUT2D eigenvalue weighted by Gasteiger charge is -2.28. The van der Waals surface area contributed by atoms with Crippen molar-refractivity contribution in [2.75, 3.05) is 18.5 Å². The Balaban J connectivity index is 2.17. The molecule has 0 spiro atoms. The summed E-state index contributed by atoms with van der Waals surface area (Å²) >= 11 is 2.20. The van der Waals surface area contributed by atoms with Crippen LogP contribution in [0.15, 0.2) is 18.2 Å². The van der Waals surface area contributed by atoms with Crippen LogP contribution in [0, 0.1) is 8.99 Å². The SMILES string of the molecule is CN1C(=O)C=C(c2cc(I)cc3c2N(C(=O)C(C)(C)C)CC3)C1=O. The molecule has 6 heteroatoms. The molecular weight excluding hydrogens is 419 g/mol. The standard InChI is InChI=1S/C18H19IN2O3/c1-18(2,3)17(24)21-6-5-10-7-11(19)8-12(15(10)21)13-9-14(22)20(4)16(13)23/h7-9H,5-6H2,1-4H3. The van der Waals surface area contributed by atoms with Crippen molar-refractivity contribution in [3.8, 4) is 0 Å². The van der Waals surface area contributed by atoms with Crippen molar-refractivity contribution in [2.24, 2.45) is 5.41 Å². The maximum atomic E-state index is 12.8. The van der Waals surface area contributed by atoms with Crippen LogP contribution in [0.5, 0.6) is 0 Å². The molecule has 3 rings (SSSR count). The van der Waals surface area contributed by atoms with Gasteiger partial charge in [-0.25, -0.2) is 0 Å². The highest BCUT2D eigenvalue weighted by Crippen LogP contribution is 2.40. The molecule has 0 aromatic heterocycles. The average molecular weight is 438 g/mol. The highest BCUT2D eigenvalue weighted by Gasteiger charge is 2.37. The molecule has 24 heavy (non-hydrogen) atoms. The zero-order valence-corrected chi connectivity index (χ0v) is 16.3. The lowest BCUT2D eigenvalue weighted by molar-refractivity contribution is -0.134. The zero-order chi connectivity index (χ0) is 17.8. The van der Waals surface area contributed by atoms with E-state index in [0.717, 1.165) is 26.1 Å². The second-order valence-corrected chi connectivity index (χ2v) is 8.42. The van der Waals surface area contributed by atoms with E-state index >= 15 is 0 Å². The molecule has 1 aromatic rings. The van der Waals surface area contributed by atoms with Crippen LogP contribution in [0.25, 0.3) is 5.57 Å². The molecule has 0 aliphatic carbocycles. The average Bonchev–Trinajstić information content (AvgIpc) is 3.01. The molecule has 2 aliphatic heterocycles. The number of anilines is 1. The molecule has 0 unspecified atom stereocenters. The highest BCUT2D eigenvalue weighted by molar-refractivity contribution is 14.1. The molecule has 2 aliphatic rings. The third kappa shape index (κ3) is 2.66. The van der Waals surface area contributed by atoms with Crippen molar-refractivity contribution in [3.05, 3.63) is 32.9 Å². The van der Waals surface area contributed by atoms with E-state index in [1.807, 2.05) is 32.9 Å². The van der Waals surface area contributed by atoms with Crippen molar-refractivity contribution in [1.29, 1.82) is 0 Å². The summed E-state index contributed by atoms with van der Waals surface area (Å²) in [5.74, 6) is -0.622. The lowest BCUT2D eigenvalue weighted by Crippen LogP contribution is -2.38. The Bertz CT molecular complexity index is 805. The van der Waals surface area contributed by atoms with Gasteiger partial charge in [0, 0.05) is 34.2 Å². The van der Waals surface area contributed by atoms with Gasteiger partial charge in [-0.2, -0.15) is 0 Å². The number of rotatable bonds is 1. The van der Waals surface area contributed by atoms with Gasteiger partial charge in [-0.15, -0.1) is 0 Å². The van der Waals surface area contributed by atoms with Crippen LogP contribution in [-0.2, 0) is 20.8 Å². The third-order valence-electron chi connectivity index (χ3n) is 4.34. The van der Waals surface area contributed by atoms with E-state index in [4.69, 9.17) is 0 Å². The van der Waals surface area contributed by atoms with Crippen LogP contribution in [0.3, 0.4) is 0 Å². The minimum Gasteiger partial charge on any atom is -0.311 e. The maximum absolute atomic E-state index is 12.8. The second-order valence-electron chi connectivity index (χ2n) is 7.18. The van der Waals surface area contributed by atoms with Gasteiger partial charge in [-0.3, -0.25) is 19.3 Å². The van der Waals surface area contributed by atoms with Gasteiger partial charge in [-0.05, 0) is 46.7 Å². The predicted molar refractivity (Wildman–Crippen MR) is 100 cm³/mol.